The van der Waals surface area contributed by atoms with Crippen molar-refractivity contribution < 1.29 is 8.83 Å². The van der Waals surface area contributed by atoms with Crippen molar-refractivity contribution in [2.75, 3.05) is 4.90 Å². The number of furan rings is 2. The smallest absolute Gasteiger partial charge is 0.143 e. The third-order valence-corrected chi connectivity index (χ3v) is 26.7. The molecule has 16 rings (SSSR count). The maximum atomic E-state index is 7.19. The van der Waals surface area contributed by atoms with Gasteiger partial charge in [0.05, 0.1) is 5.69 Å². The van der Waals surface area contributed by atoms with Crippen molar-refractivity contribution in [2.24, 2.45) is 0 Å². The molecule has 4 aliphatic carbocycles. The zero-order valence-corrected chi connectivity index (χ0v) is 66.2. The molecule has 3 nitrogen and oxygen atoms in total. The van der Waals surface area contributed by atoms with Gasteiger partial charge in [-0.15, -0.1) is 0 Å². The molecule has 10 aromatic carbocycles. The molecular formula is C103H117NO2. The molecule has 0 spiro atoms. The summed E-state index contributed by atoms with van der Waals surface area (Å²) in [6.07, 6.45) is 35.6. The highest BCUT2D eigenvalue weighted by Crippen LogP contribution is 2.64. The second-order valence-corrected chi connectivity index (χ2v) is 34.4. The van der Waals surface area contributed by atoms with Gasteiger partial charge in [0, 0.05) is 60.1 Å². The maximum absolute atomic E-state index is 7.19. The summed E-state index contributed by atoms with van der Waals surface area (Å²) in [5.41, 5.74) is 36.2. The summed E-state index contributed by atoms with van der Waals surface area (Å²) >= 11 is 0. The van der Waals surface area contributed by atoms with Gasteiger partial charge in [0.2, 0.25) is 0 Å². The number of para-hydroxylation sites is 2. The first-order valence-corrected chi connectivity index (χ1v) is 42.2. The van der Waals surface area contributed by atoms with Gasteiger partial charge in [0.25, 0.3) is 0 Å². The molecule has 0 fully saturated rings. The van der Waals surface area contributed by atoms with Crippen LogP contribution in [0.1, 0.15) is 296 Å². The third-order valence-electron chi connectivity index (χ3n) is 26.7. The Kier molecular flexibility index (Phi) is 20.1. The lowest BCUT2D eigenvalue weighted by Crippen LogP contribution is -2.27. The number of fused-ring (bicyclic) bond motifs is 20. The summed E-state index contributed by atoms with van der Waals surface area (Å²) < 4.78 is 14.1. The first-order chi connectivity index (χ1) is 51.7. The summed E-state index contributed by atoms with van der Waals surface area (Å²) in [5, 5.41) is 4.98. The lowest BCUT2D eigenvalue weighted by Gasteiger charge is -2.35. The number of hydrogen-bond acceptors (Lipinski definition) is 3. The van der Waals surface area contributed by atoms with Crippen LogP contribution < -0.4 is 4.90 Å². The number of rotatable bonds is 32. The van der Waals surface area contributed by atoms with E-state index in [1.54, 1.807) is 22.3 Å². The van der Waals surface area contributed by atoms with Crippen molar-refractivity contribution in [3.8, 4) is 55.6 Å². The van der Waals surface area contributed by atoms with E-state index in [1.165, 1.54) is 295 Å². The Morgan fingerprint density at radius 3 is 1.35 bits per heavy atom. The summed E-state index contributed by atoms with van der Waals surface area (Å²) in [4.78, 5) is 2.70. The molecule has 106 heavy (non-hydrogen) atoms. The fraction of sp³-hybridized carbons (Fsp3) is 0.417. The van der Waals surface area contributed by atoms with Crippen molar-refractivity contribution in [3.05, 3.63) is 231 Å². The molecule has 0 unspecified atom stereocenters. The molecule has 0 amide bonds. The van der Waals surface area contributed by atoms with Crippen molar-refractivity contribution in [1.29, 1.82) is 0 Å². The van der Waals surface area contributed by atoms with Crippen LogP contribution in [0, 0.1) is 20.8 Å². The average molecular weight is 1400 g/mol. The molecule has 0 saturated carbocycles. The highest BCUT2D eigenvalue weighted by molar-refractivity contribution is 6.19. The maximum Gasteiger partial charge on any atom is 0.143 e. The Labute approximate surface area is 635 Å². The minimum Gasteiger partial charge on any atom is -0.456 e. The quantitative estimate of drug-likeness (QED) is 0.0394. The molecule has 2 heterocycles. The minimum absolute atomic E-state index is 0.103. The van der Waals surface area contributed by atoms with Crippen molar-refractivity contribution >= 4 is 60.9 Å². The van der Waals surface area contributed by atoms with E-state index in [0.29, 0.717) is 0 Å². The molecule has 2 aromatic heterocycles. The van der Waals surface area contributed by atoms with Gasteiger partial charge in [0.1, 0.15) is 22.3 Å². The zero-order valence-electron chi connectivity index (χ0n) is 66.2. The monoisotopic (exact) mass is 1400 g/mol. The van der Waals surface area contributed by atoms with Crippen LogP contribution in [0.3, 0.4) is 0 Å². The van der Waals surface area contributed by atoms with E-state index in [1.807, 2.05) is 0 Å². The molecule has 4 aliphatic rings. The third kappa shape index (κ3) is 12.2. The Bertz CT molecular complexity index is 5210. The van der Waals surface area contributed by atoms with Crippen LogP contribution in [0.15, 0.2) is 179 Å². The standard InChI is InChI=1S/C103H117NO2/c1-12-16-20-24-28-38-56-102(57-39-29-25-21-17-13-2)84-54-55-93-96(78-43-33-36-46-91(78)105-93)95(84)82-67-88-81(66-89(82)102)76-52-49-73(64-87(76)103(88,58-40-30-26-22-18-14-3)59-41-31-27-23-19-15-4)104(98-69(6)60-68(5)61-70(98)7)72-50-53-77-86(63-72)101(10,11)90-65-80(99-97(94(77)90)79-44-34-37-47-92(79)106-99)71-48-51-75-74-42-32-35-45-83(74)100(8,9)85(75)62-71/h32-37,42-55,60-67H,12-31,38-41,56-59H2,1-11H3. The molecule has 0 radical (unpaired) electrons. The van der Waals surface area contributed by atoms with Crippen molar-refractivity contribution in [3.63, 3.8) is 0 Å². The van der Waals surface area contributed by atoms with Crippen LogP contribution in [0.2, 0.25) is 0 Å². The van der Waals surface area contributed by atoms with E-state index >= 15 is 0 Å². The second-order valence-electron chi connectivity index (χ2n) is 34.4. The van der Waals surface area contributed by atoms with Crippen LogP contribution in [-0.2, 0) is 21.7 Å². The van der Waals surface area contributed by atoms with Gasteiger partial charge in [-0.2, -0.15) is 0 Å². The number of hydrogen-bond donors (Lipinski definition) is 0. The van der Waals surface area contributed by atoms with E-state index in [2.05, 4.69) is 251 Å². The van der Waals surface area contributed by atoms with E-state index in [-0.39, 0.29) is 21.7 Å². The SMILES string of the molecule is CCCCCCCCC1(CCCCCCCC)c2cc(N(c3ccc4c(c3)C(C)(C)c3cc(-c5ccc6c(c5)C(C)(C)c5ccccc5-6)c5oc6ccccc6c5c3-4)c3c(C)cc(C)cc3C)ccc2-c2cc3c(cc21)-c1c(ccc2oc4ccccc4c12)C3(CCCCCCCC)CCCCCCCC. The molecule has 0 aliphatic heterocycles. The van der Waals surface area contributed by atoms with Crippen LogP contribution in [0.5, 0.6) is 0 Å². The number of unbranched alkanes of at least 4 members (excludes halogenated alkanes) is 20. The second kappa shape index (κ2) is 29.6. The Morgan fingerprint density at radius 2 is 0.736 bits per heavy atom. The van der Waals surface area contributed by atoms with Gasteiger partial charge in [-0.25, -0.2) is 0 Å². The fourth-order valence-electron chi connectivity index (χ4n) is 21.3. The summed E-state index contributed by atoms with van der Waals surface area (Å²) in [7, 11) is 0. The fourth-order valence-corrected chi connectivity index (χ4v) is 21.3. The molecule has 546 valence electrons. The number of aryl methyl sites for hydroxylation is 3. The highest BCUT2D eigenvalue weighted by atomic mass is 16.3. The Morgan fingerprint density at radius 1 is 0.302 bits per heavy atom. The largest absolute Gasteiger partial charge is 0.456 e. The van der Waals surface area contributed by atoms with Gasteiger partial charge in [0.15, 0.2) is 0 Å². The van der Waals surface area contributed by atoms with Crippen LogP contribution in [-0.4, -0.2) is 0 Å². The molecule has 3 heteroatoms. The van der Waals surface area contributed by atoms with E-state index < -0.39 is 0 Å². The van der Waals surface area contributed by atoms with Gasteiger partial charge < -0.3 is 13.7 Å². The predicted octanol–water partition coefficient (Wildman–Crippen LogP) is 31.7. The molecule has 0 saturated heterocycles. The van der Waals surface area contributed by atoms with E-state index in [0.717, 1.165) is 40.7 Å². The van der Waals surface area contributed by atoms with Crippen LogP contribution in [0.4, 0.5) is 17.1 Å². The predicted molar refractivity (Wildman–Crippen MR) is 455 cm³/mol. The van der Waals surface area contributed by atoms with E-state index in [4.69, 9.17) is 8.83 Å². The Balaban J connectivity index is 0.888. The first-order valence-electron chi connectivity index (χ1n) is 42.2. The summed E-state index contributed by atoms with van der Waals surface area (Å²) in [6.45, 7) is 26.2. The van der Waals surface area contributed by atoms with Gasteiger partial charge in [-0.05, 0) is 219 Å². The van der Waals surface area contributed by atoms with Gasteiger partial charge >= 0.3 is 0 Å². The topological polar surface area (TPSA) is 29.5 Å². The number of anilines is 3. The van der Waals surface area contributed by atoms with E-state index in [9.17, 15) is 0 Å². The number of nitrogens with zero attached hydrogens (tertiary/aromatic N) is 1. The average Bonchev–Trinajstić information content (AvgIpc) is 1.52. The molecule has 0 atom stereocenters. The lowest BCUT2D eigenvalue weighted by molar-refractivity contribution is 0.394. The minimum atomic E-state index is -0.354. The molecule has 12 aromatic rings. The van der Waals surface area contributed by atoms with Crippen LogP contribution >= 0.6 is 0 Å². The normalized spacial score (nSPS) is 15.0. The first kappa shape index (κ1) is 71.8. The highest BCUT2D eigenvalue weighted by Gasteiger charge is 2.50. The molecular weight excluding hydrogens is 1280 g/mol. The Hall–Kier alpha value is -8.40. The van der Waals surface area contributed by atoms with Crippen molar-refractivity contribution in [2.45, 2.75) is 278 Å². The lowest BCUT2D eigenvalue weighted by atomic mass is 9.68. The number of benzene rings is 10. The summed E-state index contributed by atoms with van der Waals surface area (Å²) in [6, 6.07) is 67.5. The molecule has 0 bridgehead atoms. The zero-order chi connectivity index (χ0) is 73.1. The van der Waals surface area contributed by atoms with Crippen molar-refractivity contribution in [1.82, 2.24) is 0 Å². The van der Waals surface area contributed by atoms with Crippen LogP contribution in [0.25, 0.3) is 99.5 Å². The summed E-state index contributed by atoms with van der Waals surface area (Å²) in [5.74, 6) is 0. The molecule has 0 N–H and O–H groups in total. The van der Waals surface area contributed by atoms with Gasteiger partial charge in [-0.3, -0.25) is 0 Å². The van der Waals surface area contributed by atoms with Gasteiger partial charge in [-0.1, -0.05) is 318 Å².